The van der Waals surface area contributed by atoms with Crippen molar-refractivity contribution in [3.8, 4) is 0 Å². The molecule has 0 bridgehead atoms. The van der Waals surface area contributed by atoms with Gasteiger partial charge in [0, 0.05) is 31.9 Å². The first-order valence-corrected chi connectivity index (χ1v) is 6.93. The molecule has 0 amide bonds. The van der Waals surface area contributed by atoms with E-state index in [-0.39, 0.29) is 0 Å². The van der Waals surface area contributed by atoms with Crippen molar-refractivity contribution < 1.29 is 0 Å². The summed E-state index contributed by atoms with van der Waals surface area (Å²) in [5.74, 6) is 0. The average molecular weight is 274 g/mol. The molecule has 1 heterocycles. The van der Waals surface area contributed by atoms with Gasteiger partial charge in [0.1, 0.15) is 0 Å². The fourth-order valence-corrected chi connectivity index (χ4v) is 3.17. The van der Waals surface area contributed by atoms with E-state index in [0.29, 0.717) is 0 Å². The Kier molecular flexibility index (Phi) is 3.06. The Labute approximate surface area is 115 Å². The van der Waals surface area contributed by atoms with Crippen LogP contribution in [-0.4, -0.2) is 4.98 Å². The lowest BCUT2D eigenvalue weighted by Crippen LogP contribution is -1.75. The summed E-state index contributed by atoms with van der Waals surface area (Å²) >= 11 is 7.81. The molecule has 1 nitrogen and oxygen atoms in total. The van der Waals surface area contributed by atoms with Gasteiger partial charge < -0.3 is 4.98 Å². The van der Waals surface area contributed by atoms with E-state index in [9.17, 15) is 0 Å². The van der Waals surface area contributed by atoms with Gasteiger partial charge in [0.25, 0.3) is 0 Å². The molecule has 0 aliphatic rings. The Balaban J connectivity index is 2.02. The molecule has 90 valence electrons. The highest BCUT2D eigenvalue weighted by Crippen LogP contribution is 2.34. The minimum atomic E-state index is 0.771. The highest BCUT2D eigenvalue weighted by Gasteiger charge is 2.06. The number of aromatic nitrogens is 1. The first kappa shape index (κ1) is 11.7. The van der Waals surface area contributed by atoms with Crippen LogP contribution in [0.4, 0.5) is 0 Å². The third-order valence-electron chi connectivity index (χ3n) is 2.82. The lowest BCUT2D eigenvalue weighted by molar-refractivity contribution is 1.35. The van der Waals surface area contributed by atoms with Crippen LogP contribution in [0.1, 0.15) is 5.56 Å². The van der Waals surface area contributed by atoms with E-state index in [2.05, 4.69) is 36.2 Å². The van der Waals surface area contributed by atoms with Gasteiger partial charge in [-0.2, -0.15) is 0 Å². The number of aryl methyl sites for hydroxylation is 1. The molecule has 3 aromatic rings. The second-order valence-corrected chi connectivity index (χ2v) is 5.81. The maximum Gasteiger partial charge on any atom is 0.0466 e. The van der Waals surface area contributed by atoms with Gasteiger partial charge in [-0.3, -0.25) is 0 Å². The van der Waals surface area contributed by atoms with Gasteiger partial charge in [0.2, 0.25) is 0 Å². The van der Waals surface area contributed by atoms with E-state index >= 15 is 0 Å². The first-order chi connectivity index (χ1) is 8.72. The molecule has 3 heteroatoms. The number of benzene rings is 2. The quantitative estimate of drug-likeness (QED) is 0.671. The van der Waals surface area contributed by atoms with E-state index in [1.165, 1.54) is 20.7 Å². The van der Waals surface area contributed by atoms with Crippen LogP contribution in [0.5, 0.6) is 0 Å². The van der Waals surface area contributed by atoms with Crippen molar-refractivity contribution in [2.45, 2.75) is 16.7 Å². The normalized spacial score (nSPS) is 11.0. The number of halogens is 1. The van der Waals surface area contributed by atoms with Crippen LogP contribution in [0.25, 0.3) is 10.9 Å². The molecular formula is C15H12ClNS. The van der Waals surface area contributed by atoms with Crippen molar-refractivity contribution in [3.63, 3.8) is 0 Å². The fourth-order valence-electron chi connectivity index (χ4n) is 1.96. The molecule has 0 fully saturated rings. The summed E-state index contributed by atoms with van der Waals surface area (Å²) in [5, 5.41) is 1.95. The zero-order valence-corrected chi connectivity index (χ0v) is 11.5. The molecule has 0 atom stereocenters. The summed E-state index contributed by atoms with van der Waals surface area (Å²) in [4.78, 5) is 5.72. The van der Waals surface area contributed by atoms with Gasteiger partial charge in [0.15, 0.2) is 0 Å². The molecule has 3 rings (SSSR count). The van der Waals surface area contributed by atoms with Gasteiger partial charge in [-0.15, -0.1) is 0 Å². The molecule has 0 saturated heterocycles. The molecule has 18 heavy (non-hydrogen) atoms. The Bertz CT molecular complexity index is 703. The zero-order chi connectivity index (χ0) is 12.5. The Morgan fingerprint density at radius 2 is 2.00 bits per heavy atom. The SMILES string of the molecule is Cc1cccc(Sc2c[nH]c3ccc(Cl)cc23)c1. The molecule has 0 spiro atoms. The highest BCUT2D eigenvalue weighted by molar-refractivity contribution is 7.99. The van der Waals surface area contributed by atoms with Crippen LogP contribution >= 0.6 is 23.4 Å². The van der Waals surface area contributed by atoms with Gasteiger partial charge >= 0.3 is 0 Å². The Morgan fingerprint density at radius 3 is 2.83 bits per heavy atom. The maximum atomic E-state index is 6.05. The smallest absolute Gasteiger partial charge is 0.0466 e. The van der Waals surface area contributed by atoms with Crippen molar-refractivity contribution >= 4 is 34.3 Å². The van der Waals surface area contributed by atoms with Gasteiger partial charge in [0.05, 0.1) is 0 Å². The van der Waals surface area contributed by atoms with E-state index in [1.54, 1.807) is 11.8 Å². The molecule has 0 aliphatic carbocycles. The summed E-state index contributed by atoms with van der Waals surface area (Å²) in [7, 11) is 0. The van der Waals surface area contributed by atoms with Crippen molar-refractivity contribution in [1.29, 1.82) is 0 Å². The van der Waals surface area contributed by atoms with Gasteiger partial charge in [-0.1, -0.05) is 41.1 Å². The van der Waals surface area contributed by atoms with Crippen LogP contribution in [0.2, 0.25) is 5.02 Å². The number of hydrogen-bond donors (Lipinski definition) is 1. The van der Waals surface area contributed by atoms with Crippen molar-refractivity contribution in [2.24, 2.45) is 0 Å². The molecule has 0 radical (unpaired) electrons. The Hall–Kier alpha value is -1.38. The molecular weight excluding hydrogens is 262 g/mol. The second-order valence-electron chi connectivity index (χ2n) is 4.26. The monoisotopic (exact) mass is 273 g/mol. The minimum Gasteiger partial charge on any atom is -0.360 e. The summed E-state index contributed by atoms with van der Waals surface area (Å²) in [6, 6.07) is 14.4. The van der Waals surface area contributed by atoms with E-state index in [1.807, 2.05) is 24.4 Å². The summed E-state index contributed by atoms with van der Waals surface area (Å²) in [6.07, 6.45) is 2.04. The summed E-state index contributed by atoms with van der Waals surface area (Å²) in [6.45, 7) is 2.11. The topological polar surface area (TPSA) is 15.8 Å². The largest absolute Gasteiger partial charge is 0.360 e. The van der Waals surface area contributed by atoms with E-state index < -0.39 is 0 Å². The highest BCUT2D eigenvalue weighted by atomic mass is 35.5. The number of nitrogens with one attached hydrogen (secondary N) is 1. The molecule has 1 aromatic heterocycles. The minimum absolute atomic E-state index is 0.771. The van der Waals surface area contributed by atoms with Gasteiger partial charge in [-0.25, -0.2) is 0 Å². The van der Waals surface area contributed by atoms with E-state index in [4.69, 9.17) is 11.6 Å². The number of rotatable bonds is 2. The van der Waals surface area contributed by atoms with Crippen molar-refractivity contribution in [2.75, 3.05) is 0 Å². The number of H-pyrrole nitrogens is 1. The summed E-state index contributed by atoms with van der Waals surface area (Å²) < 4.78 is 0. The Morgan fingerprint density at radius 1 is 1.11 bits per heavy atom. The number of fused-ring (bicyclic) bond motifs is 1. The lowest BCUT2D eigenvalue weighted by Gasteiger charge is -2.01. The van der Waals surface area contributed by atoms with Crippen LogP contribution in [0, 0.1) is 6.92 Å². The van der Waals surface area contributed by atoms with Crippen molar-refractivity contribution in [3.05, 3.63) is 59.2 Å². The fraction of sp³-hybridized carbons (Fsp3) is 0.0667. The first-order valence-electron chi connectivity index (χ1n) is 5.73. The third-order valence-corrected chi connectivity index (χ3v) is 4.11. The molecule has 0 saturated carbocycles. The molecule has 0 unspecified atom stereocenters. The number of aromatic amines is 1. The second kappa shape index (κ2) is 4.71. The molecule has 2 aromatic carbocycles. The maximum absolute atomic E-state index is 6.05. The predicted octanol–water partition coefficient (Wildman–Crippen LogP) is 5.28. The van der Waals surface area contributed by atoms with E-state index in [0.717, 1.165) is 10.5 Å². The number of hydrogen-bond acceptors (Lipinski definition) is 1. The van der Waals surface area contributed by atoms with Crippen molar-refractivity contribution in [1.82, 2.24) is 4.98 Å². The average Bonchev–Trinajstić information content (AvgIpc) is 2.72. The third kappa shape index (κ3) is 2.26. The molecule has 0 aliphatic heterocycles. The van der Waals surface area contributed by atoms with Gasteiger partial charge in [-0.05, 0) is 37.3 Å². The molecule has 1 N–H and O–H groups in total. The van der Waals surface area contributed by atoms with Crippen LogP contribution < -0.4 is 0 Å². The van der Waals surface area contributed by atoms with Crippen LogP contribution in [0.15, 0.2) is 58.5 Å². The standard InChI is InChI=1S/C15H12ClNS/c1-10-3-2-4-12(7-10)18-15-9-17-14-6-5-11(16)8-13(14)15/h2-9,17H,1H3. The van der Waals surface area contributed by atoms with Crippen LogP contribution in [0.3, 0.4) is 0 Å². The zero-order valence-electron chi connectivity index (χ0n) is 9.91. The summed E-state index contributed by atoms with van der Waals surface area (Å²) in [5.41, 5.74) is 2.40. The predicted molar refractivity (Wildman–Crippen MR) is 78.6 cm³/mol. The lowest BCUT2D eigenvalue weighted by atomic mass is 10.2. The van der Waals surface area contributed by atoms with Crippen LogP contribution in [-0.2, 0) is 0 Å².